The van der Waals surface area contributed by atoms with E-state index in [1.54, 1.807) is 13.0 Å². The molecule has 0 saturated heterocycles. The molecule has 0 aliphatic heterocycles. The molecule has 186 valence electrons. The van der Waals surface area contributed by atoms with Gasteiger partial charge < -0.3 is 20.3 Å². The number of hydrogen-bond acceptors (Lipinski definition) is 5. The fourth-order valence-corrected chi connectivity index (χ4v) is 3.16. The number of aromatic nitrogens is 2. The van der Waals surface area contributed by atoms with Gasteiger partial charge in [0.1, 0.15) is 23.9 Å². The Kier molecular flexibility index (Phi) is 7.85. The monoisotopic (exact) mass is 487 g/mol. The maximum Gasteiger partial charge on any atom is 0.305 e. The molecule has 2 aromatic carbocycles. The van der Waals surface area contributed by atoms with Gasteiger partial charge in [-0.2, -0.15) is 9.78 Å². The normalized spacial score (nSPS) is 13.8. The van der Waals surface area contributed by atoms with Gasteiger partial charge in [-0.15, -0.1) is 0 Å². The van der Waals surface area contributed by atoms with Crippen LogP contribution < -0.4 is 10.1 Å². The molecule has 0 fully saturated rings. The summed E-state index contributed by atoms with van der Waals surface area (Å²) < 4.78 is 35.6. The molecule has 3 N–H and O–H groups in total. The largest absolute Gasteiger partial charge is 0.481 e. The van der Waals surface area contributed by atoms with Crippen molar-refractivity contribution < 1.29 is 33.3 Å². The van der Waals surface area contributed by atoms with Crippen molar-refractivity contribution >= 4 is 11.9 Å². The third-order valence-corrected chi connectivity index (χ3v) is 5.71. The molecule has 0 aliphatic carbocycles. The summed E-state index contributed by atoms with van der Waals surface area (Å²) in [5.74, 6) is -3.52. The third-order valence-electron chi connectivity index (χ3n) is 5.71. The molecular formula is C25H27F2N3O5. The predicted molar refractivity (Wildman–Crippen MR) is 123 cm³/mol. The van der Waals surface area contributed by atoms with Crippen LogP contribution in [0, 0.1) is 17.6 Å². The Morgan fingerprint density at radius 1 is 1.11 bits per heavy atom. The third kappa shape index (κ3) is 6.21. The molecule has 0 saturated carbocycles. The van der Waals surface area contributed by atoms with Gasteiger partial charge in [0.05, 0.1) is 18.1 Å². The van der Waals surface area contributed by atoms with Crippen LogP contribution in [0.15, 0.2) is 54.6 Å². The zero-order valence-corrected chi connectivity index (χ0v) is 19.5. The number of aliphatic hydroxyl groups is 1. The van der Waals surface area contributed by atoms with E-state index >= 15 is 0 Å². The van der Waals surface area contributed by atoms with Gasteiger partial charge in [0.25, 0.3) is 5.91 Å². The molecule has 1 aromatic heterocycles. The van der Waals surface area contributed by atoms with Crippen LogP contribution in [-0.2, 0) is 4.79 Å². The number of halogens is 2. The lowest BCUT2D eigenvalue weighted by Crippen LogP contribution is -2.38. The summed E-state index contributed by atoms with van der Waals surface area (Å²) in [6, 6.07) is 11.3. The lowest BCUT2D eigenvalue weighted by atomic mass is 9.94. The van der Waals surface area contributed by atoms with Crippen LogP contribution in [0.2, 0.25) is 0 Å². The number of nitrogens with zero attached hydrogens (tertiary/aromatic N) is 2. The molecule has 1 unspecified atom stereocenters. The Balaban J connectivity index is 1.96. The van der Waals surface area contributed by atoms with Crippen molar-refractivity contribution in [2.75, 3.05) is 6.61 Å². The first-order valence-electron chi connectivity index (χ1n) is 11.0. The first-order valence-corrected chi connectivity index (χ1v) is 11.0. The fraction of sp³-hybridized carbons (Fsp3) is 0.320. The standard InChI is InChI=1S/C25H27F2N3O5/c1-15(2)25(3,34)14-35-22-12-20(29-30(22)21-11-7-6-10-18(21)27)24(33)28-19(13-23(31)32)16-8-4-5-9-17(16)26/h4-12,15,19,34H,13-14H2,1-3H3,(H,28,33)(H,31,32)/t19-,25?/m0/s1. The van der Waals surface area contributed by atoms with E-state index in [2.05, 4.69) is 10.4 Å². The maximum absolute atomic E-state index is 14.5. The van der Waals surface area contributed by atoms with E-state index in [-0.39, 0.29) is 35.3 Å². The minimum Gasteiger partial charge on any atom is -0.481 e. The van der Waals surface area contributed by atoms with E-state index in [4.69, 9.17) is 4.74 Å². The Morgan fingerprint density at radius 3 is 2.34 bits per heavy atom. The van der Waals surface area contributed by atoms with Crippen LogP contribution in [0.4, 0.5) is 8.78 Å². The SMILES string of the molecule is CC(C)C(C)(O)COc1cc(C(=O)N[C@@H](CC(=O)O)c2ccccc2F)nn1-c1ccccc1F. The van der Waals surface area contributed by atoms with Gasteiger partial charge in [-0.05, 0) is 31.0 Å². The van der Waals surface area contributed by atoms with Crippen LogP contribution in [0.25, 0.3) is 5.69 Å². The van der Waals surface area contributed by atoms with Crippen molar-refractivity contribution in [2.24, 2.45) is 5.92 Å². The number of amides is 1. The second-order valence-electron chi connectivity index (χ2n) is 8.68. The number of nitrogens with one attached hydrogen (secondary N) is 1. The van der Waals surface area contributed by atoms with Crippen molar-refractivity contribution in [3.8, 4) is 11.6 Å². The molecule has 1 amide bonds. The molecule has 0 spiro atoms. The summed E-state index contributed by atoms with van der Waals surface area (Å²) in [6.07, 6.45) is -0.568. The van der Waals surface area contributed by atoms with Gasteiger partial charge in [0.15, 0.2) is 5.69 Å². The number of carbonyl (C=O) groups excluding carboxylic acids is 1. The van der Waals surface area contributed by atoms with Crippen molar-refractivity contribution in [2.45, 2.75) is 38.8 Å². The molecule has 0 bridgehead atoms. The zero-order chi connectivity index (χ0) is 25.8. The van der Waals surface area contributed by atoms with Gasteiger partial charge in [-0.1, -0.05) is 44.2 Å². The second kappa shape index (κ2) is 10.6. The minimum atomic E-state index is -1.24. The highest BCUT2D eigenvalue weighted by atomic mass is 19.1. The molecule has 35 heavy (non-hydrogen) atoms. The fourth-order valence-electron chi connectivity index (χ4n) is 3.16. The number of rotatable bonds is 10. The molecule has 2 atom stereocenters. The zero-order valence-electron chi connectivity index (χ0n) is 19.5. The minimum absolute atomic E-state index is 0.00115. The first kappa shape index (κ1) is 25.8. The molecule has 1 heterocycles. The van der Waals surface area contributed by atoms with E-state index in [1.165, 1.54) is 42.5 Å². The molecule has 10 heteroatoms. The molecule has 3 aromatic rings. The molecule has 8 nitrogen and oxygen atoms in total. The lowest BCUT2D eigenvalue weighted by Gasteiger charge is -2.27. The van der Waals surface area contributed by atoms with Crippen LogP contribution in [0.3, 0.4) is 0 Å². The van der Waals surface area contributed by atoms with Gasteiger partial charge >= 0.3 is 5.97 Å². The summed E-state index contributed by atoms with van der Waals surface area (Å²) in [6.45, 7) is 5.03. The van der Waals surface area contributed by atoms with E-state index in [0.29, 0.717) is 0 Å². The van der Waals surface area contributed by atoms with Crippen LogP contribution in [-0.4, -0.2) is 44.1 Å². The van der Waals surface area contributed by atoms with E-state index in [1.807, 2.05) is 13.8 Å². The topological polar surface area (TPSA) is 114 Å². The Bertz CT molecular complexity index is 1210. The van der Waals surface area contributed by atoms with Crippen molar-refractivity contribution in [1.29, 1.82) is 0 Å². The highest BCUT2D eigenvalue weighted by Gasteiger charge is 2.28. The summed E-state index contributed by atoms with van der Waals surface area (Å²) in [5, 5.41) is 26.4. The number of carbonyl (C=O) groups is 2. The van der Waals surface area contributed by atoms with Gasteiger partial charge in [0, 0.05) is 11.6 Å². The number of hydrogen-bond donors (Lipinski definition) is 3. The predicted octanol–water partition coefficient (Wildman–Crippen LogP) is 3.88. The highest BCUT2D eigenvalue weighted by molar-refractivity contribution is 5.93. The molecule has 0 radical (unpaired) electrons. The van der Waals surface area contributed by atoms with Gasteiger partial charge in [0.2, 0.25) is 5.88 Å². The quantitative estimate of drug-likeness (QED) is 0.400. The highest BCUT2D eigenvalue weighted by Crippen LogP contribution is 2.26. The number of benzene rings is 2. The van der Waals surface area contributed by atoms with Crippen LogP contribution in [0.5, 0.6) is 5.88 Å². The Morgan fingerprint density at radius 2 is 1.74 bits per heavy atom. The Hall–Kier alpha value is -3.79. The average molecular weight is 488 g/mol. The Labute approximate surface area is 201 Å². The van der Waals surface area contributed by atoms with Crippen molar-refractivity contribution in [3.05, 3.63) is 77.5 Å². The number of para-hydroxylation sites is 1. The van der Waals surface area contributed by atoms with E-state index < -0.39 is 41.6 Å². The van der Waals surface area contributed by atoms with Crippen molar-refractivity contribution in [3.63, 3.8) is 0 Å². The summed E-state index contributed by atoms with van der Waals surface area (Å²) in [7, 11) is 0. The van der Waals surface area contributed by atoms with Gasteiger partial charge in [-0.3, -0.25) is 9.59 Å². The smallest absolute Gasteiger partial charge is 0.305 e. The van der Waals surface area contributed by atoms with Gasteiger partial charge in [-0.25, -0.2) is 8.78 Å². The van der Waals surface area contributed by atoms with E-state index in [9.17, 15) is 28.6 Å². The molecule has 0 aliphatic rings. The maximum atomic E-state index is 14.5. The summed E-state index contributed by atoms with van der Waals surface area (Å²) in [5.41, 5.74) is -1.42. The van der Waals surface area contributed by atoms with Crippen LogP contribution >= 0.6 is 0 Å². The number of ether oxygens (including phenoxy) is 1. The number of aliphatic carboxylic acids is 1. The first-order chi connectivity index (χ1) is 16.5. The number of carboxylic acid groups (broad SMARTS) is 1. The summed E-state index contributed by atoms with van der Waals surface area (Å²) >= 11 is 0. The lowest BCUT2D eigenvalue weighted by molar-refractivity contribution is -0.137. The van der Waals surface area contributed by atoms with Crippen LogP contribution in [0.1, 0.15) is 49.3 Å². The molecular weight excluding hydrogens is 460 g/mol. The number of carboxylic acids is 1. The molecule has 3 rings (SSSR count). The summed E-state index contributed by atoms with van der Waals surface area (Å²) in [4.78, 5) is 24.4. The van der Waals surface area contributed by atoms with Crippen molar-refractivity contribution in [1.82, 2.24) is 15.1 Å². The average Bonchev–Trinajstić information content (AvgIpc) is 3.22. The van der Waals surface area contributed by atoms with E-state index in [0.717, 1.165) is 10.7 Å². The second-order valence-corrected chi connectivity index (χ2v) is 8.68.